The number of nitrogens with one attached hydrogen (secondary N) is 1. The summed E-state index contributed by atoms with van der Waals surface area (Å²) < 4.78 is 39.5. The molecule has 1 atom stereocenters. The molecule has 0 amide bonds. The van der Waals surface area contributed by atoms with Gasteiger partial charge in [0.15, 0.2) is 10.8 Å². The Hall–Kier alpha value is -1.41. The van der Waals surface area contributed by atoms with Gasteiger partial charge in [0.1, 0.15) is 0 Å². The van der Waals surface area contributed by atoms with Crippen LogP contribution in [0.15, 0.2) is 6.07 Å². The molecule has 1 saturated heterocycles. The van der Waals surface area contributed by atoms with Crippen LogP contribution in [0, 0.1) is 0 Å². The highest BCUT2D eigenvalue weighted by molar-refractivity contribution is 7.22. The van der Waals surface area contributed by atoms with Gasteiger partial charge in [-0.15, -0.1) is 0 Å². The number of nitrogens with two attached hydrogens (primary N) is 1. The minimum Gasteiger partial charge on any atom is -0.375 e. The first-order valence-electron chi connectivity index (χ1n) is 6.30. The predicted molar refractivity (Wildman–Crippen MR) is 71.7 cm³/mol. The highest BCUT2D eigenvalue weighted by Gasteiger charge is 2.35. The van der Waals surface area contributed by atoms with Gasteiger partial charge in [-0.1, -0.05) is 11.3 Å². The van der Waals surface area contributed by atoms with Gasteiger partial charge in [-0.3, -0.25) is 0 Å². The van der Waals surface area contributed by atoms with Crippen LogP contribution in [0.2, 0.25) is 0 Å². The molecule has 20 heavy (non-hydrogen) atoms. The summed E-state index contributed by atoms with van der Waals surface area (Å²) >= 11 is 0.830. The molecule has 0 bridgehead atoms. The smallest absolute Gasteiger partial charge is 0.375 e. The van der Waals surface area contributed by atoms with Gasteiger partial charge >= 0.3 is 6.18 Å². The van der Waals surface area contributed by atoms with Crippen molar-refractivity contribution in [3.63, 3.8) is 0 Å². The zero-order chi connectivity index (χ0) is 14.3. The molecule has 108 valence electrons. The number of alkyl halides is 3. The monoisotopic (exact) mass is 302 g/mol. The lowest BCUT2D eigenvalue weighted by atomic mass is 9.94. The number of anilines is 1. The number of hydrogen-bond acceptors (Lipinski definition) is 5. The maximum Gasteiger partial charge on any atom is 0.417 e. The molecule has 2 aromatic rings. The molecule has 1 fully saturated rings. The van der Waals surface area contributed by atoms with Gasteiger partial charge < -0.3 is 11.1 Å². The Morgan fingerprint density at radius 1 is 1.35 bits per heavy atom. The first-order valence-corrected chi connectivity index (χ1v) is 7.11. The molecular weight excluding hydrogens is 289 g/mol. The normalized spacial score (nSPS) is 20.4. The van der Waals surface area contributed by atoms with E-state index in [2.05, 4.69) is 15.3 Å². The fourth-order valence-corrected chi connectivity index (χ4v) is 3.28. The number of thiazole rings is 1. The fraction of sp³-hybridized carbons (Fsp3) is 0.500. The molecule has 8 heteroatoms. The lowest BCUT2D eigenvalue weighted by Gasteiger charge is -2.23. The zero-order valence-corrected chi connectivity index (χ0v) is 11.3. The van der Waals surface area contributed by atoms with Crippen molar-refractivity contribution in [1.82, 2.24) is 15.3 Å². The van der Waals surface area contributed by atoms with Crippen molar-refractivity contribution >= 4 is 26.8 Å². The number of nitrogens with zero attached hydrogens (tertiary/aromatic N) is 2. The molecular formula is C12H13F3N4S. The Bertz CT molecular complexity index is 631. The maximum absolute atomic E-state index is 13.2. The van der Waals surface area contributed by atoms with E-state index in [1.165, 1.54) is 0 Å². The zero-order valence-electron chi connectivity index (χ0n) is 10.5. The molecule has 0 unspecified atom stereocenters. The minimum atomic E-state index is -4.42. The number of piperidine rings is 1. The van der Waals surface area contributed by atoms with Crippen LogP contribution in [0.1, 0.15) is 30.0 Å². The quantitative estimate of drug-likeness (QED) is 0.850. The average molecular weight is 302 g/mol. The molecule has 0 saturated carbocycles. The average Bonchev–Trinajstić information content (AvgIpc) is 2.77. The largest absolute Gasteiger partial charge is 0.417 e. The minimum absolute atomic E-state index is 0.00262. The molecule has 0 aromatic carbocycles. The summed E-state index contributed by atoms with van der Waals surface area (Å²) in [4.78, 5) is 8.18. The van der Waals surface area contributed by atoms with Gasteiger partial charge in [0.05, 0.1) is 10.3 Å². The van der Waals surface area contributed by atoms with Crippen molar-refractivity contribution in [1.29, 1.82) is 0 Å². The SMILES string of the molecule is Nc1nc2nc([C@H]3CCCNC3)cc(C(F)(F)F)c2s1. The van der Waals surface area contributed by atoms with E-state index in [1.54, 1.807) is 0 Å². The number of rotatable bonds is 1. The lowest BCUT2D eigenvalue weighted by molar-refractivity contribution is -0.136. The standard InChI is InChI=1S/C12H13F3N4S/c13-12(14,15)7-4-8(6-2-1-3-17-5-6)18-10-9(7)20-11(16)19-10/h4,6,17H,1-3,5H2,(H2,16,18,19)/t6-/m0/s1. The predicted octanol–water partition coefficient (Wildman–Crippen LogP) is 2.76. The van der Waals surface area contributed by atoms with Crippen LogP contribution in [0.3, 0.4) is 0 Å². The summed E-state index contributed by atoms with van der Waals surface area (Å²) in [5.41, 5.74) is 5.38. The van der Waals surface area contributed by atoms with Crippen LogP contribution in [0.4, 0.5) is 18.3 Å². The summed E-state index contributed by atoms with van der Waals surface area (Å²) in [6.07, 6.45) is -2.65. The Labute approximate surface area is 117 Å². The first-order chi connectivity index (χ1) is 9.45. The molecule has 1 aliphatic rings. The van der Waals surface area contributed by atoms with Crippen LogP contribution >= 0.6 is 11.3 Å². The molecule has 3 heterocycles. The lowest BCUT2D eigenvalue weighted by Crippen LogP contribution is -2.29. The molecule has 3 N–H and O–H groups in total. The van der Waals surface area contributed by atoms with Gasteiger partial charge in [-0.05, 0) is 25.5 Å². The van der Waals surface area contributed by atoms with E-state index in [4.69, 9.17) is 5.73 Å². The Kier molecular flexibility index (Phi) is 3.29. The number of nitrogen functional groups attached to an aromatic ring is 1. The van der Waals surface area contributed by atoms with Crippen molar-refractivity contribution in [2.45, 2.75) is 24.9 Å². The topological polar surface area (TPSA) is 63.8 Å². The summed E-state index contributed by atoms with van der Waals surface area (Å²) in [6, 6.07) is 1.15. The molecule has 0 spiro atoms. The van der Waals surface area contributed by atoms with E-state index >= 15 is 0 Å². The second-order valence-electron chi connectivity index (χ2n) is 4.84. The van der Waals surface area contributed by atoms with E-state index in [0.29, 0.717) is 12.2 Å². The Balaban J connectivity index is 2.14. The Morgan fingerprint density at radius 3 is 2.80 bits per heavy atom. The third kappa shape index (κ3) is 2.45. The number of hydrogen-bond donors (Lipinski definition) is 2. The maximum atomic E-state index is 13.2. The summed E-state index contributed by atoms with van der Waals surface area (Å²) in [7, 11) is 0. The van der Waals surface area contributed by atoms with E-state index in [1.807, 2.05) is 0 Å². The van der Waals surface area contributed by atoms with Gasteiger partial charge in [0, 0.05) is 18.2 Å². The van der Waals surface area contributed by atoms with Gasteiger partial charge in [0.25, 0.3) is 0 Å². The van der Waals surface area contributed by atoms with Crippen LogP contribution < -0.4 is 11.1 Å². The summed E-state index contributed by atoms with van der Waals surface area (Å²) in [5.74, 6) is -0.00262. The number of pyridine rings is 1. The van der Waals surface area contributed by atoms with Gasteiger partial charge in [-0.2, -0.15) is 13.2 Å². The van der Waals surface area contributed by atoms with Crippen LogP contribution in [-0.4, -0.2) is 23.1 Å². The van der Waals surface area contributed by atoms with Crippen molar-refractivity contribution in [3.05, 3.63) is 17.3 Å². The third-order valence-corrected chi connectivity index (χ3v) is 4.33. The molecule has 1 aliphatic heterocycles. The summed E-state index contributed by atoms with van der Waals surface area (Å²) in [5, 5.41) is 3.29. The second-order valence-corrected chi connectivity index (χ2v) is 5.87. The van der Waals surface area contributed by atoms with Crippen molar-refractivity contribution < 1.29 is 13.2 Å². The van der Waals surface area contributed by atoms with Crippen LogP contribution in [0.25, 0.3) is 10.3 Å². The Morgan fingerprint density at radius 2 is 2.15 bits per heavy atom. The number of halogens is 3. The van der Waals surface area contributed by atoms with Crippen LogP contribution in [-0.2, 0) is 6.18 Å². The summed E-state index contributed by atoms with van der Waals surface area (Å²) in [6.45, 7) is 1.55. The van der Waals surface area contributed by atoms with Crippen LogP contribution in [0.5, 0.6) is 0 Å². The van der Waals surface area contributed by atoms with Gasteiger partial charge in [0.2, 0.25) is 0 Å². The van der Waals surface area contributed by atoms with E-state index < -0.39 is 11.7 Å². The molecule has 2 aromatic heterocycles. The van der Waals surface area contributed by atoms with Crippen molar-refractivity contribution in [3.8, 4) is 0 Å². The molecule has 4 nitrogen and oxygen atoms in total. The fourth-order valence-electron chi connectivity index (χ4n) is 2.47. The highest BCUT2D eigenvalue weighted by Crippen LogP contribution is 2.39. The molecule has 0 radical (unpaired) electrons. The highest BCUT2D eigenvalue weighted by atomic mass is 32.1. The van der Waals surface area contributed by atoms with E-state index in [0.717, 1.165) is 36.8 Å². The number of aromatic nitrogens is 2. The van der Waals surface area contributed by atoms with E-state index in [9.17, 15) is 13.2 Å². The first kappa shape index (κ1) is 13.6. The number of fused-ring (bicyclic) bond motifs is 1. The molecule has 3 rings (SSSR count). The van der Waals surface area contributed by atoms with Gasteiger partial charge in [-0.25, -0.2) is 9.97 Å². The van der Waals surface area contributed by atoms with E-state index in [-0.39, 0.29) is 21.4 Å². The van der Waals surface area contributed by atoms with Crippen molar-refractivity contribution in [2.24, 2.45) is 0 Å². The third-order valence-electron chi connectivity index (χ3n) is 3.42. The second kappa shape index (κ2) is 4.85. The molecule has 0 aliphatic carbocycles. The van der Waals surface area contributed by atoms with Crippen molar-refractivity contribution in [2.75, 3.05) is 18.8 Å².